The number of unbranched alkanes of at least 4 members (excludes halogenated alkanes) is 48. The molecular formula is C86H168O17P2. The molecule has 0 fully saturated rings. The van der Waals surface area contributed by atoms with Crippen LogP contribution in [0.2, 0.25) is 0 Å². The number of hydrogen-bond donors (Lipinski definition) is 3. The lowest BCUT2D eigenvalue weighted by Crippen LogP contribution is -2.30. The first-order valence-electron chi connectivity index (χ1n) is 44.2. The Morgan fingerprint density at radius 2 is 0.457 bits per heavy atom. The minimum Gasteiger partial charge on any atom is -0.462 e. The third-order valence-corrected chi connectivity index (χ3v) is 22.3. The zero-order valence-corrected chi connectivity index (χ0v) is 71.2. The molecule has 0 aliphatic rings. The van der Waals surface area contributed by atoms with Crippen molar-refractivity contribution in [2.75, 3.05) is 39.6 Å². The van der Waals surface area contributed by atoms with E-state index in [-0.39, 0.29) is 25.7 Å². The van der Waals surface area contributed by atoms with E-state index in [1.54, 1.807) is 0 Å². The molecular weight excluding hydrogens is 1370 g/mol. The Morgan fingerprint density at radius 3 is 0.676 bits per heavy atom. The summed E-state index contributed by atoms with van der Waals surface area (Å²) in [5.74, 6) is 1.09. The summed E-state index contributed by atoms with van der Waals surface area (Å²) in [5, 5.41) is 10.7. The van der Waals surface area contributed by atoms with Crippen LogP contribution in [0.3, 0.4) is 0 Å². The van der Waals surface area contributed by atoms with Crippen LogP contribution in [0.5, 0.6) is 0 Å². The SMILES string of the molecule is CCC(C)CCCCCCCCCCCCCCCCC(=O)OC[C@H](COP(=O)(O)OC[C@@H](O)COP(=O)(O)OC[C@@H](COC(=O)CCCCCCCCCCCC(C)C)OC(=O)CCCCCCCCCCCCCCCCC(C)C)OC(=O)CCCCCCCCCCCCCCCCCC(C)C. The van der Waals surface area contributed by atoms with Crippen molar-refractivity contribution in [3.05, 3.63) is 0 Å². The van der Waals surface area contributed by atoms with Crippen molar-refractivity contribution in [2.24, 2.45) is 23.7 Å². The lowest BCUT2D eigenvalue weighted by Gasteiger charge is -2.21. The second-order valence-corrected chi connectivity index (χ2v) is 35.5. The normalized spacial score (nSPS) is 14.2. The van der Waals surface area contributed by atoms with Gasteiger partial charge in [-0.15, -0.1) is 0 Å². The standard InChI is InChI=1S/C86H168O17P2/c1-9-79(8)65-57-49-41-33-25-19-14-16-20-26-34-42-50-58-66-83(88)96-72-81(102-85(90)68-60-52-44-35-27-21-12-10-11-17-23-30-38-46-54-62-76(2)3)74-100-104(92,93)98-70-80(87)71-99-105(94,95)101-75-82(73-97-84(89)67-59-51-43-37-29-32-40-48-56-64-78(6)7)103-86(91)69-61-53-45-36-28-22-15-13-18-24-31-39-47-55-63-77(4)5/h76-82,87H,9-75H2,1-8H3,(H,92,93)(H,94,95)/t79?,80-,81-,82-/m1/s1. The summed E-state index contributed by atoms with van der Waals surface area (Å²) in [6, 6.07) is 0. The Kier molecular flexibility index (Phi) is 73.4. The second-order valence-electron chi connectivity index (χ2n) is 32.6. The Hall–Kier alpha value is -1.94. The van der Waals surface area contributed by atoms with Gasteiger partial charge in [0, 0.05) is 25.7 Å². The highest BCUT2D eigenvalue weighted by Crippen LogP contribution is 2.45. The number of phosphoric ester groups is 2. The summed E-state index contributed by atoms with van der Waals surface area (Å²) >= 11 is 0. The Bertz CT molecular complexity index is 2040. The van der Waals surface area contributed by atoms with E-state index in [4.69, 9.17) is 37.0 Å². The molecule has 624 valence electrons. The highest BCUT2D eigenvalue weighted by atomic mass is 31.2. The summed E-state index contributed by atoms with van der Waals surface area (Å²) < 4.78 is 68.9. The highest BCUT2D eigenvalue weighted by Gasteiger charge is 2.31. The minimum atomic E-state index is -4.97. The molecule has 3 unspecified atom stereocenters. The van der Waals surface area contributed by atoms with Gasteiger partial charge in [0.05, 0.1) is 26.4 Å². The molecule has 17 nitrogen and oxygen atoms in total. The van der Waals surface area contributed by atoms with E-state index in [1.807, 2.05) is 0 Å². The third-order valence-electron chi connectivity index (χ3n) is 20.4. The molecule has 0 heterocycles. The summed E-state index contributed by atoms with van der Waals surface area (Å²) in [6.45, 7) is 14.4. The highest BCUT2D eigenvalue weighted by molar-refractivity contribution is 7.47. The molecule has 3 N–H and O–H groups in total. The van der Waals surface area contributed by atoms with Crippen LogP contribution in [0.1, 0.15) is 447 Å². The van der Waals surface area contributed by atoms with Crippen molar-refractivity contribution in [1.82, 2.24) is 0 Å². The molecule has 0 aromatic carbocycles. The van der Waals surface area contributed by atoms with E-state index in [0.29, 0.717) is 25.7 Å². The molecule has 6 atom stereocenters. The van der Waals surface area contributed by atoms with Crippen LogP contribution in [-0.4, -0.2) is 96.7 Å². The summed E-state index contributed by atoms with van der Waals surface area (Å²) in [4.78, 5) is 73.3. The fraction of sp³-hybridized carbons (Fsp3) is 0.953. The van der Waals surface area contributed by atoms with Gasteiger partial charge in [-0.2, -0.15) is 0 Å². The molecule has 0 aromatic heterocycles. The van der Waals surface area contributed by atoms with Crippen molar-refractivity contribution in [3.8, 4) is 0 Å². The van der Waals surface area contributed by atoms with Crippen molar-refractivity contribution in [1.29, 1.82) is 0 Å². The molecule has 19 heteroatoms. The van der Waals surface area contributed by atoms with Gasteiger partial charge in [0.2, 0.25) is 0 Å². The number of phosphoric acid groups is 2. The predicted octanol–water partition coefficient (Wildman–Crippen LogP) is 25.9. The Morgan fingerprint density at radius 1 is 0.267 bits per heavy atom. The van der Waals surface area contributed by atoms with Crippen molar-refractivity contribution < 1.29 is 80.2 Å². The quantitative estimate of drug-likeness (QED) is 0.0222. The molecule has 0 amide bonds. The molecule has 0 radical (unpaired) electrons. The molecule has 0 aromatic rings. The molecule has 0 aliphatic heterocycles. The van der Waals surface area contributed by atoms with Gasteiger partial charge in [-0.25, -0.2) is 9.13 Å². The smallest absolute Gasteiger partial charge is 0.462 e. The first-order chi connectivity index (χ1) is 50.6. The lowest BCUT2D eigenvalue weighted by atomic mass is 9.99. The van der Waals surface area contributed by atoms with Crippen molar-refractivity contribution in [2.45, 2.75) is 465 Å². The number of carbonyl (C=O) groups is 4. The van der Waals surface area contributed by atoms with Gasteiger partial charge in [0.25, 0.3) is 0 Å². The summed E-state index contributed by atoms with van der Waals surface area (Å²) in [5.41, 5.74) is 0. The Labute approximate surface area is 645 Å². The third kappa shape index (κ3) is 78.5. The molecule has 0 saturated heterocycles. The van der Waals surface area contributed by atoms with Crippen LogP contribution >= 0.6 is 15.6 Å². The van der Waals surface area contributed by atoms with Gasteiger partial charge in [-0.05, 0) is 49.4 Å². The van der Waals surface area contributed by atoms with Crippen LogP contribution in [0.25, 0.3) is 0 Å². The molecule has 0 aliphatic carbocycles. The largest absolute Gasteiger partial charge is 0.472 e. The van der Waals surface area contributed by atoms with Crippen LogP contribution in [0, 0.1) is 23.7 Å². The number of hydrogen-bond acceptors (Lipinski definition) is 15. The number of aliphatic hydroxyl groups excluding tert-OH is 1. The monoisotopic (exact) mass is 1540 g/mol. The molecule has 0 saturated carbocycles. The number of carbonyl (C=O) groups excluding carboxylic acids is 4. The van der Waals surface area contributed by atoms with E-state index >= 15 is 0 Å². The maximum atomic E-state index is 13.1. The predicted molar refractivity (Wildman–Crippen MR) is 432 cm³/mol. The molecule has 0 rings (SSSR count). The van der Waals surface area contributed by atoms with E-state index < -0.39 is 97.5 Å². The first kappa shape index (κ1) is 103. The summed E-state index contributed by atoms with van der Waals surface area (Å²) in [7, 11) is -9.93. The minimum absolute atomic E-state index is 0.107. The number of rotatable bonds is 83. The van der Waals surface area contributed by atoms with Gasteiger partial charge >= 0.3 is 39.5 Å². The average molecular weight is 1540 g/mol. The van der Waals surface area contributed by atoms with Crippen LogP contribution < -0.4 is 0 Å². The van der Waals surface area contributed by atoms with Gasteiger partial charge in [-0.3, -0.25) is 37.3 Å². The fourth-order valence-electron chi connectivity index (χ4n) is 13.3. The van der Waals surface area contributed by atoms with Crippen LogP contribution in [0.15, 0.2) is 0 Å². The van der Waals surface area contributed by atoms with Gasteiger partial charge in [0.1, 0.15) is 19.3 Å². The first-order valence-corrected chi connectivity index (χ1v) is 47.2. The van der Waals surface area contributed by atoms with Crippen molar-refractivity contribution in [3.63, 3.8) is 0 Å². The molecule has 0 spiro atoms. The summed E-state index contributed by atoms with van der Waals surface area (Å²) in [6.07, 6.45) is 63.7. The average Bonchev–Trinajstić information content (AvgIpc) is 0.938. The zero-order chi connectivity index (χ0) is 77.4. The molecule has 105 heavy (non-hydrogen) atoms. The molecule has 0 bridgehead atoms. The topological polar surface area (TPSA) is 237 Å². The fourth-order valence-corrected chi connectivity index (χ4v) is 14.9. The van der Waals surface area contributed by atoms with E-state index in [2.05, 4.69) is 55.4 Å². The van der Waals surface area contributed by atoms with E-state index in [1.165, 1.54) is 250 Å². The number of esters is 4. The maximum absolute atomic E-state index is 13.1. The zero-order valence-electron chi connectivity index (χ0n) is 69.4. The van der Waals surface area contributed by atoms with Gasteiger partial charge < -0.3 is 33.8 Å². The lowest BCUT2D eigenvalue weighted by molar-refractivity contribution is -0.161. The maximum Gasteiger partial charge on any atom is 0.472 e. The second kappa shape index (κ2) is 74.8. The van der Waals surface area contributed by atoms with Gasteiger partial charge in [-0.1, -0.05) is 396 Å². The Balaban J connectivity index is 5.27. The van der Waals surface area contributed by atoms with E-state index in [0.717, 1.165) is 114 Å². The van der Waals surface area contributed by atoms with Gasteiger partial charge in [0.15, 0.2) is 12.2 Å². The van der Waals surface area contributed by atoms with E-state index in [9.17, 15) is 43.2 Å². The number of ether oxygens (including phenoxy) is 4. The van der Waals surface area contributed by atoms with Crippen LogP contribution in [0.4, 0.5) is 0 Å². The number of aliphatic hydroxyl groups is 1. The van der Waals surface area contributed by atoms with Crippen LogP contribution in [-0.2, 0) is 65.4 Å². The van der Waals surface area contributed by atoms with Crippen molar-refractivity contribution >= 4 is 39.5 Å².